The van der Waals surface area contributed by atoms with Gasteiger partial charge in [0.15, 0.2) is 0 Å². The van der Waals surface area contributed by atoms with Crippen molar-refractivity contribution in [2.24, 2.45) is 0 Å². The maximum atomic E-state index is 13.7. The van der Waals surface area contributed by atoms with Crippen molar-refractivity contribution >= 4 is 23.2 Å². The summed E-state index contributed by atoms with van der Waals surface area (Å²) < 4.78 is 24.7. The van der Waals surface area contributed by atoms with Crippen LogP contribution in [0.3, 0.4) is 0 Å². The summed E-state index contributed by atoms with van der Waals surface area (Å²) >= 11 is 1.67. The van der Waals surface area contributed by atoms with Gasteiger partial charge in [-0.05, 0) is 80.6 Å². The average molecular weight is 511 g/mol. The van der Waals surface area contributed by atoms with Crippen molar-refractivity contribution in [1.82, 2.24) is 9.80 Å². The molecule has 0 bridgehead atoms. The molecule has 0 fully saturated rings. The molecule has 0 N–H and O–H groups in total. The van der Waals surface area contributed by atoms with Gasteiger partial charge in [0, 0.05) is 17.0 Å². The predicted molar refractivity (Wildman–Crippen MR) is 138 cm³/mol. The highest BCUT2D eigenvalue weighted by Crippen LogP contribution is 2.34. The predicted octanol–water partition coefficient (Wildman–Crippen LogP) is 5.34. The third-order valence-corrected chi connectivity index (χ3v) is 7.32. The minimum atomic E-state index is -0.600. The van der Waals surface area contributed by atoms with Gasteiger partial charge in [0.05, 0.1) is 18.7 Å². The van der Waals surface area contributed by atoms with Gasteiger partial charge in [-0.1, -0.05) is 12.1 Å². The van der Waals surface area contributed by atoms with Gasteiger partial charge in [-0.15, -0.1) is 11.3 Å². The molecule has 8 heteroatoms. The van der Waals surface area contributed by atoms with Crippen molar-refractivity contribution in [3.63, 3.8) is 0 Å². The molecule has 1 atom stereocenters. The number of thiophene rings is 1. The monoisotopic (exact) mass is 510 g/mol. The Morgan fingerprint density at radius 3 is 2.53 bits per heavy atom. The molecular weight excluding hydrogens is 479 g/mol. The lowest BCUT2D eigenvalue weighted by atomic mass is 9.99. The van der Waals surface area contributed by atoms with Crippen molar-refractivity contribution < 1.29 is 23.5 Å². The lowest BCUT2D eigenvalue weighted by molar-refractivity contribution is -0.136. The highest BCUT2D eigenvalue weighted by molar-refractivity contribution is 7.10. The van der Waals surface area contributed by atoms with Crippen LogP contribution in [0.15, 0.2) is 60.0 Å². The maximum Gasteiger partial charge on any atom is 0.258 e. The van der Waals surface area contributed by atoms with Crippen LogP contribution in [0.25, 0.3) is 0 Å². The zero-order valence-corrected chi connectivity index (χ0v) is 21.8. The van der Waals surface area contributed by atoms with Crippen molar-refractivity contribution in [3.8, 4) is 11.5 Å². The third-order valence-electron chi connectivity index (χ3n) is 6.32. The Kier molecular flexibility index (Phi) is 7.64. The summed E-state index contributed by atoms with van der Waals surface area (Å²) in [5, 5.41) is 2.02. The van der Waals surface area contributed by atoms with E-state index < -0.39 is 5.54 Å². The second-order valence-electron chi connectivity index (χ2n) is 9.68. The summed E-state index contributed by atoms with van der Waals surface area (Å²) in [5.41, 5.74) is 0.870. The fraction of sp³-hybridized carbons (Fsp3) is 0.357. The van der Waals surface area contributed by atoms with Crippen LogP contribution in [0.2, 0.25) is 0 Å². The Balaban J connectivity index is 1.57. The van der Waals surface area contributed by atoms with Crippen LogP contribution >= 0.6 is 11.3 Å². The molecule has 2 aromatic carbocycles. The van der Waals surface area contributed by atoms with E-state index in [0.717, 1.165) is 12.0 Å². The number of carbonyl (C=O) groups is 2. The topological polar surface area (TPSA) is 59.1 Å². The molecule has 0 aliphatic carbocycles. The molecule has 0 radical (unpaired) electrons. The average Bonchev–Trinajstić information content (AvgIpc) is 3.34. The Labute approximate surface area is 215 Å². The van der Waals surface area contributed by atoms with Crippen LogP contribution < -0.4 is 9.47 Å². The van der Waals surface area contributed by atoms with Gasteiger partial charge in [-0.25, -0.2) is 4.39 Å². The first-order valence-electron chi connectivity index (χ1n) is 11.9. The van der Waals surface area contributed by atoms with E-state index in [1.165, 1.54) is 24.1 Å². The molecule has 2 heterocycles. The quantitative estimate of drug-likeness (QED) is 0.431. The standard InChI is InChI=1S/C28H31FN2O4S/c1-28(2,3)31(27(33)22-7-5-6-8-24(22)34-4)17-26(32)30-15-13-25-21(14-16-36-25)23(30)18-35-20-11-9-19(29)10-12-20/h5-12,14,16,23H,13,15,17-18H2,1-4H3. The van der Waals surface area contributed by atoms with Crippen molar-refractivity contribution in [1.29, 1.82) is 0 Å². The highest BCUT2D eigenvalue weighted by atomic mass is 32.1. The number of benzene rings is 2. The maximum absolute atomic E-state index is 13.7. The second kappa shape index (κ2) is 10.7. The molecule has 2 amide bonds. The van der Waals surface area contributed by atoms with Gasteiger partial charge >= 0.3 is 0 Å². The zero-order chi connectivity index (χ0) is 25.9. The Morgan fingerprint density at radius 2 is 1.83 bits per heavy atom. The number of halogens is 1. The summed E-state index contributed by atoms with van der Waals surface area (Å²) in [6, 6.07) is 14.6. The van der Waals surface area contributed by atoms with E-state index in [0.29, 0.717) is 23.6 Å². The number of ether oxygens (including phenoxy) is 2. The molecule has 190 valence electrons. The van der Waals surface area contributed by atoms with E-state index in [9.17, 15) is 14.0 Å². The first-order chi connectivity index (χ1) is 17.2. The van der Waals surface area contributed by atoms with Crippen LogP contribution in [0.4, 0.5) is 4.39 Å². The number of amides is 2. The lowest BCUT2D eigenvalue weighted by Gasteiger charge is -2.40. The van der Waals surface area contributed by atoms with Gasteiger partial charge < -0.3 is 19.3 Å². The van der Waals surface area contributed by atoms with Crippen LogP contribution in [0.5, 0.6) is 11.5 Å². The van der Waals surface area contributed by atoms with E-state index >= 15 is 0 Å². The number of methoxy groups -OCH3 is 1. The Hall–Kier alpha value is -3.39. The SMILES string of the molecule is COc1ccccc1C(=O)N(CC(=O)N1CCc2sccc2C1COc1ccc(F)cc1)C(C)(C)C. The molecule has 1 aliphatic rings. The van der Waals surface area contributed by atoms with E-state index in [4.69, 9.17) is 9.47 Å². The molecule has 0 spiro atoms. The van der Waals surface area contributed by atoms with Gasteiger partial charge in [-0.2, -0.15) is 0 Å². The lowest BCUT2D eigenvalue weighted by Crippen LogP contribution is -2.53. The van der Waals surface area contributed by atoms with E-state index in [-0.39, 0.29) is 36.8 Å². The van der Waals surface area contributed by atoms with Gasteiger partial charge in [0.2, 0.25) is 5.91 Å². The van der Waals surface area contributed by atoms with Crippen LogP contribution in [0.1, 0.15) is 47.6 Å². The number of carbonyl (C=O) groups excluding carboxylic acids is 2. The molecule has 6 nitrogen and oxygen atoms in total. The second-order valence-corrected chi connectivity index (χ2v) is 10.7. The molecule has 1 aromatic heterocycles. The van der Waals surface area contributed by atoms with E-state index in [2.05, 4.69) is 0 Å². The molecule has 1 aliphatic heterocycles. The Morgan fingerprint density at radius 1 is 1.11 bits per heavy atom. The van der Waals surface area contributed by atoms with Gasteiger partial charge in [0.25, 0.3) is 5.91 Å². The molecule has 4 rings (SSSR count). The fourth-order valence-corrected chi connectivity index (χ4v) is 5.32. The van der Waals surface area contributed by atoms with Crippen molar-refractivity contribution in [2.75, 3.05) is 26.8 Å². The summed E-state index contributed by atoms with van der Waals surface area (Å²) in [6.45, 7) is 6.43. The molecule has 1 unspecified atom stereocenters. The van der Waals surface area contributed by atoms with E-state index in [1.807, 2.05) is 32.2 Å². The highest BCUT2D eigenvalue weighted by Gasteiger charge is 2.36. The van der Waals surface area contributed by atoms with E-state index in [1.54, 1.807) is 57.5 Å². The Bertz CT molecular complexity index is 1220. The number of fused-ring (bicyclic) bond motifs is 1. The summed E-state index contributed by atoms with van der Waals surface area (Å²) in [5.74, 6) is 0.252. The molecule has 36 heavy (non-hydrogen) atoms. The zero-order valence-electron chi connectivity index (χ0n) is 21.0. The fourth-order valence-electron chi connectivity index (χ4n) is 4.39. The number of nitrogens with zero attached hydrogens (tertiary/aromatic N) is 2. The summed E-state index contributed by atoms with van der Waals surface area (Å²) in [7, 11) is 1.52. The largest absolute Gasteiger partial charge is 0.496 e. The van der Waals surface area contributed by atoms with Gasteiger partial charge in [-0.3, -0.25) is 9.59 Å². The smallest absolute Gasteiger partial charge is 0.258 e. The minimum Gasteiger partial charge on any atom is -0.496 e. The van der Waals surface area contributed by atoms with Crippen molar-refractivity contribution in [3.05, 3.63) is 81.8 Å². The number of para-hydroxylation sites is 1. The molecule has 0 saturated heterocycles. The normalized spacial score (nSPS) is 15.2. The molecule has 3 aromatic rings. The first kappa shape index (κ1) is 25.7. The first-order valence-corrected chi connectivity index (χ1v) is 12.8. The van der Waals surface area contributed by atoms with Crippen LogP contribution in [-0.4, -0.2) is 54.0 Å². The van der Waals surface area contributed by atoms with Gasteiger partial charge in [0.1, 0.15) is 30.5 Å². The number of rotatable bonds is 7. The molecule has 0 saturated carbocycles. The number of hydrogen-bond acceptors (Lipinski definition) is 5. The number of hydrogen-bond donors (Lipinski definition) is 0. The van der Waals surface area contributed by atoms with Crippen LogP contribution in [0, 0.1) is 5.82 Å². The third kappa shape index (κ3) is 5.54. The summed E-state index contributed by atoms with van der Waals surface area (Å²) in [4.78, 5) is 31.9. The van der Waals surface area contributed by atoms with Crippen LogP contribution in [-0.2, 0) is 11.2 Å². The minimum absolute atomic E-state index is 0.0765. The summed E-state index contributed by atoms with van der Waals surface area (Å²) in [6.07, 6.45) is 0.752. The van der Waals surface area contributed by atoms with Crippen molar-refractivity contribution in [2.45, 2.75) is 38.8 Å². The molecular formula is C28H31FN2O4S.